The summed E-state index contributed by atoms with van der Waals surface area (Å²) in [5, 5.41) is 24.0. The first kappa shape index (κ1) is 23.8. The second-order valence-corrected chi connectivity index (χ2v) is 7.26. The molecule has 6 N–H and O–H groups in total. The van der Waals surface area contributed by atoms with Crippen molar-refractivity contribution < 1.29 is 28.6 Å². The zero-order chi connectivity index (χ0) is 24.1. The minimum atomic E-state index is -1.77. The van der Waals surface area contributed by atoms with Gasteiger partial charge < -0.3 is 26.6 Å². The Morgan fingerprint density at radius 2 is 1.82 bits per heavy atom. The standard InChI is InChI=1S/C23H22F2N4O4/c1-12-6-17(29-23(33)20(31)13-7-15(24)10-16(25)8-13)2-3-18(12)14-9-19(21(26)28-11-14)22(32)27-4-5-30/h2-3,6-11,20,30-31H,4-5H2,1H3,(H2,26,28)(H,27,32)(H,29,33)/t20-/m1/s1. The lowest BCUT2D eigenvalue weighted by atomic mass is 9.99. The summed E-state index contributed by atoms with van der Waals surface area (Å²) in [5.41, 5.74) is 8.12. The van der Waals surface area contributed by atoms with Crippen LogP contribution in [0.2, 0.25) is 0 Å². The van der Waals surface area contributed by atoms with Crippen LogP contribution in [0.3, 0.4) is 0 Å². The van der Waals surface area contributed by atoms with Crippen molar-refractivity contribution in [2.45, 2.75) is 13.0 Å². The number of nitrogens with zero attached hydrogens (tertiary/aromatic N) is 1. The highest BCUT2D eigenvalue weighted by atomic mass is 19.1. The fraction of sp³-hybridized carbons (Fsp3) is 0.174. The number of aromatic nitrogens is 1. The van der Waals surface area contributed by atoms with Gasteiger partial charge in [-0.1, -0.05) is 6.07 Å². The van der Waals surface area contributed by atoms with Crippen LogP contribution < -0.4 is 16.4 Å². The van der Waals surface area contributed by atoms with Crippen molar-refractivity contribution in [2.24, 2.45) is 0 Å². The maximum absolute atomic E-state index is 13.4. The normalized spacial score (nSPS) is 11.7. The second-order valence-electron chi connectivity index (χ2n) is 7.26. The number of aliphatic hydroxyl groups is 2. The molecule has 0 spiro atoms. The molecule has 3 rings (SSSR count). The Kier molecular flexibility index (Phi) is 7.31. The van der Waals surface area contributed by atoms with E-state index in [9.17, 15) is 23.5 Å². The van der Waals surface area contributed by atoms with Gasteiger partial charge in [-0.05, 0) is 53.9 Å². The van der Waals surface area contributed by atoms with Crippen LogP contribution in [0.15, 0.2) is 48.7 Å². The van der Waals surface area contributed by atoms with Crippen molar-refractivity contribution in [3.8, 4) is 11.1 Å². The lowest BCUT2D eigenvalue weighted by molar-refractivity contribution is -0.124. The Morgan fingerprint density at radius 1 is 1.12 bits per heavy atom. The Bertz CT molecular complexity index is 1180. The van der Waals surface area contributed by atoms with Crippen molar-refractivity contribution in [1.82, 2.24) is 10.3 Å². The molecule has 3 aromatic rings. The van der Waals surface area contributed by atoms with E-state index in [1.54, 1.807) is 31.2 Å². The quantitative estimate of drug-likeness (QED) is 0.370. The van der Waals surface area contributed by atoms with E-state index >= 15 is 0 Å². The number of carbonyl (C=O) groups is 2. The van der Waals surface area contributed by atoms with Crippen LogP contribution >= 0.6 is 0 Å². The summed E-state index contributed by atoms with van der Waals surface area (Å²) in [5.74, 6) is -3.10. The van der Waals surface area contributed by atoms with Gasteiger partial charge in [-0.25, -0.2) is 13.8 Å². The van der Waals surface area contributed by atoms with Gasteiger partial charge in [0.05, 0.1) is 12.2 Å². The number of hydrogen-bond donors (Lipinski definition) is 5. The maximum Gasteiger partial charge on any atom is 0.257 e. The molecule has 0 radical (unpaired) electrons. The minimum absolute atomic E-state index is 0.0403. The number of nitrogens with two attached hydrogens (primary N) is 1. The van der Waals surface area contributed by atoms with Crippen LogP contribution in [-0.2, 0) is 4.79 Å². The second kappa shape index (κ2) is 10.2. The van der Waals surface area contributed by atoms with E-state index in [0.717, 1.165) is 12.1 Å². The summed E-state index contributed by atoms with van der Waals surface area (Å²) in [6.45, 7) is 1.63. The van der Waals surface area contributed by atoms with Crippen molar-refractivity contribution in [3.63, 3.8) is 0 Å². The first-order valence-corrected chi connectivity index (χ1v) is 9.90. The molecule has 10 heteroatoms. The molecule has 0 saturated heterocycles. The third-order valence-electron chi connectivity index (χ3n) is 4.81. The molecule has 0 unspecified atom stereocenters. The van der Waals surface area contributed by atoms with Gasteiger partial charge in [-0.2, -0.15) is 0 Å². The molecule has 1 atom stereocenters. The molecule has 172 valence electrons. The van der Waals surface area contributed by atoms with Gasteiger partial charge in [-0.15, -0.1) is 0 Å². The Labute approximate surface area is 188 Å². The number of halogens is 2. The highest BCUT2D eigenvalue weighted by Crippen LogP contribution is 2.28. The first-order chi connectivity index (χ1) is 15.7. The summed E-state index contributed by atoms with van der Waals surface area (Å²) in [4.78, 5) is 28.6. The van der Waals surface area contributed by atoms with E-state index < -0.39 is 29.6 Å². The number of pyridine rings is 1. The fourth-order valence-electron chi connectivity index (χ4n) is 3.23. The largest absolute Gasteiger partial charge is 0.395 e. The van der Waals surface area contributed by atoms with Crippen molar-refractivity contribution in [2.75, 3.05) is 24.2 Å². The van der Waals surface area contributed by atoms with Crippen molar-refractivity contribution in [1.29, 1.82) is 0 Å². The summed E-state index contributed by atoms with van der Waals surface area (Å²) in [7, 11) is 0. The van der Waals surface area contributed by atoms with E-state index in [1.165, 1.54) is 6.20 Å². The van der Waals surface area contributed by atoms with Crippen LogP contribution in [0.25, 0.3) is 11.1 Å². The molecule has 8 nitrogen and oxygen atoms in total. The summed E-state index contributed by atoms with van der Waals surface area (Å²) < 4.78 is 26.7. The van der Waals surface area contributed by atoms with Gasteiger partial charge in [0.2, 0.25) is 0 Å². The molecule has 0 fully saturated rings. The van der Waals surface area contributed by atoms with Crippen LogP contribution in [-0.4, -0.2) is 40.2 Å². The van der Waals surface area contributed by atoms with E-state index in [-0.39, 0.29) is 30.1 Å². The molecule has 0 aliphatic rings. The Hall–Kier alpha value is -3.89. The number of rotatable bonds is 7. The zero-order valence-corrected chi connectivity index (χ0v) is 17.6. The summed E-state index contributed by atoms with van der Waals surface area (Å²) >= 11 is 0. The Morgan fingerprint density at radius 3 is 2.45 bits per heavy atom. The number of nitrogens with one attached hydrogen (secondary N) is 2. The third kappa shape index (κ3) is 5.68. The maximum atomic E-state index is 13.4. The molecule has 1 heterocycles. The van der Waals surface area contributed by atoms with Gasteiger partial charge in [0.15, 0.2) is 6.10 Å². The number of aliphatic hydroxyl groups excluding tert-OH is 2. The van der Waals surface area contributed by atoms with Crippen LogP contribution in [0.1, 0.15) is 27.6 Å². The minimum Gasteiger partial charge on any atom is -0.395 e. The molecular formula is C23H22F2N4O4. The summed E-state index contributed by atoms with van der Waals surface area (Å²) in [6, 6.07) is 8.85. The van der Waals surface area contributed by atoms with E-state index in [2.05, 4.69) is 15.6 Å². The average molecular weight is 456 g/mol. The molecular weight excluding hydrogens is 434 g/mol. The average Bonchev–Trinajstić information content (AvgIpc) is 2.77. The lowest BCUT2D eigenvalue weighted by Gasteiger charge is -2.14. The highest BCUT2D eigenvalue weighted by molar-refractivity contribution is 5.99. The topological polar surface area (TPSA) is 138 Å². The number of nitrogen functional groups attached to an aromatic ring is 1. The third-order valence-corrected chi connectivity index (χ3v) is 4.81. The monoisotopic (exact) mass is 456 g/mol. The molecule has 2 aromatic carbocycles. The number of anilines is 2. The van der Waals surface area contributed by atoms with Crippen LogP contribution in [0, 0.1) is 18.6 Å². The van der Waals surface area contributed by atoms with Gasteiger partial charge >= 0.3 is 0 Å². The molecule has 0 aliphatic heterocycles. The van der Waals surface area contributed by atoms with Crippen LogP contribution in [0.5, 0.6) is 0 Å². The van der Waals surface area contributed by atoms with Crippen LogP contribution in [0.4, 0.5) is 20.3 Å². The smallest absolute Gasteiger partial charge is 0.257 e. The van der Waals surface area contributed by atoms with E-state index in [1.807, 2.05) is 0 Å². The van der Waals surface area contributed by atoms with Gasteiger partial charge in [0.25, 0.3) is 11.8 Å². The Balaban J connectivity index is 1.80. The number of benzene rings is 2. The number of carbonyl (C=O) groups excluding carboxylic acids is 2. The van der Waals surface area contributed by atoms with Gasteiger partial charge in [0.1, 0.15) is 17.5 Å². The molecule has 2 amide bonds. The SMILES string of the molecule is Cc1cc(NC(=O)[C@H](O)c2cc(F)cc(F)c2)ccc1-c1cnc(N)c(C(=O)NCCO)c1. The summed E-state index contributed by atoms with van der Waals surface area (Å²) in [6.07, 6.45) is -0.266. The number of amides is 2. The highest BCUT2D eigenvalue weighted by Gasteiger charge is 2.20. The predicted octanol–water partition coefficient (Wildman–Crippen LogP) is 2.31. The molecule has 33 heavy (non-hydrogen) atoms. The molecule has 1 aromatic heterocycles. The van der Waals surface area contributed by atoms with Gasteiger partial charge in [-0.3, -0.25) is 9.59 Å². The predicted molar refractivity (Wildman–Crippen MR) is 118 cm³/mol. The van der Waals surface area contributed by atoms with E-state index in [0.29, 0.717) is 28.4 Å². The zero-order valence-electron chi connectivity index (χ0n) is 17.6. The van der Waals surface area contributed by atoms with Gasteiger partial charge in [0, 0.05) is 30.1 Å². The molecule has 0 bridgehead atoms. The molecule has 0 aliphatic carbocycles. The first-order valence-electron chi connectivity index (χ1n) is 9.90. The lowest BCUT2D eigenvalue weighted by Crippen LogP contribution is -2.27. The molecule has 0 saturated carbocycles. The van der Waals surface area contributed by atoms with Crippen molar-refractivity contribution >= 4 is 23.3 Å². The fourth-order valence-corrected chi connectivity index (χ4v) is 3.23. The number of hydrogen-bond acceptors (Lipinski definition) is 6. The van der Waals surface area contributed by atoms with E-state index in [4.69, 9.17) is 10.8 Å². The van der Waals surface area contributed by atoms with Crippen molar-refractivity contribution in [3.05, 3.63) is 77.0 Å². The number of aryl methyl sites for hydroxylation is 1.